The lowest BCUT2D eigenvalue weighted by molar-refractivity contribution is 0.256. The minimum Gasteiger partial charge on any atom is -0.468 e. The molecule has 0 aliphatic carbocycles. The molecule has 0 saturated heterocycles. The van der Waals surface area contributed by atoms with E-state index in [1.165, 1.54) is 6.26 Å². The van der Waals surface area contributed by atoms with Crippen LogP contribution in [0.1, 0.15) is 5.89 Å². The van der Waals surface area contributed by atoms with Gasteiger partial charge in [-0.15, -0.1) is 0 Å². The molecule has 0 saturated carbocycles. The Bertz CT molecular complexity index is 1530. The number of sulfone groups is 1. The zero-order valence-corrected chi connectivity index (χ0v) is 18.6. The molecule has 5 rings (SSSR count). The Labute approximate surface area is 191 Å². The smallest absolute Gasteiger partial charge is 0.233 e. The lowest BCUT2D eigenvalue weighted by atomic mass is 10.1. The number of hydrogen-bond donors (Lipinski definition) is 0. The number of hydrogen-bond acceptors (Lipinski definition) is 6. The van der Waals surface area contributed by atoms with Gasteiger partial charge in [0.15, 0.2) is 22.2 Å². The maximum absolute atomic E-state index is 11.8. The van der Waals surface area contributed by atoms with Crippen molar-refractivity contribution in [3.8, 4) is 28.5 Å². The van der Waals surface area contributed by atoms with Crippen LogP contribution in [-0.4, -0.2) is 24.6 Å². The zero-order valence-electron chi connectivity index (χ0n) is 17.8. The molecule has 0 fully saturated rings. The largest absolute Gasteiger partial charge is 0.468 e. The second kappa shape index (κ2) is 8.52. The molecule has 164 valence electrons. The molecular weight excluding hydrogens is 436 g/mol. The topological polar surface area (TPSA) is 82.3 Å². The van der Waals surface area contributed by atoms with Crippen LogP contribution in [0.3, 0.4) is 0 Å². The molecule has 6 nitrogen and oxygen atoms in total. The standard InChI is InChI=1S/C26H20N2O4S/c1-33(29,30)21-14-11-20(12-15-21)26-25(19-8-3-2-4-9-19)28-24(32-26)17-31-23-16-13-18-7-5-6-10-22(18)27-23/h2-16H,17H2,1H3. The van der Waals surface area contributed by atoms with Crippen molar-refractivity contribution in [3.63, 3.8) is 0 Å². The maximum Gasteiger partial charge on any atom is 0.233 e. The maximum atomic E-state index is 11.8. The summed E-state index contributed by atoms with van der Waals surface area (Å²) in [6.07, 6.45) is 1.18. The van der Waals surface area contributed by atoms with Gasteiger partial charge in [-0.3, -0.25) is 0 Å². The van der Waals surface area contributed by atoms with Gasteiger partial charge in [0.2, 0.25) is 11.8 Å². The average molecular weight is 457 g/mol. The van der Waals surface area contributed by atoms with Crippen molar-refractivity contribution in [1.82, 2.24) is 9.97 Å². The van der Waals surface area contributed by atoms with Crippen molar-refractivity contribution in [2.24, 2.45) is 0 Å². The molecule has 0 N–H and O–H groups in total. The average Bonchev–Trinajstić information content (AvgIpc) is 3.27. The number of nitrogens with zero attached hydrogens (tertiary/aromatic N) is 2. The highest BCUT2D eigenvalue weighted by molar-refractivity contribution is 7.90. The van der Waals surface area contributed by atoms with Crippen LogP contribution in [-0.2, 0) is 16.4 Å². The number of fused-ring (bicyclic) bond motifs is 1. The van der Waals surface area contributed by atoms with Gasteiger partial charge in [0, 0.05) is 28.8 Å². The summed E-state index contributed by atoms with van der Waals surface area (Å²) < 4.78 is 35.6. The first-order valence-corrected chi connectivity index (χ1v) is 12.2. The van der Waals surface area contributed by atoms with Gasteiger partial charge in [-0.2, -0.15) is 0 Å². The van der Waals surface area contributed by atoms with Crippen molar-refractivity contribution in [2.75, 3.05) is 6.26 Å². The van der Waals surface area contributed by atoms with Crippen LogP contribution in [0.4, 0.5) is 0 Å². The highest BCUT2D eigenvalue weighted by atomic mass is 32.2. The lowest BCUT2D eigenvalue weighted by Gasteiger charge is -2.04. The fourth-order valence-electron chi connectivity index (χ4n) is 3.53. The Hall–Kier alpha value is -3.97. The highest BCUT2D eigenvalue weighted by Crippen LogP contribution is 2.33. The molecule has 0 aliphatic heterocycles. The number of rotatable bonds is 6. The second-order valence-corrected chi connectivity index (χ2v) is 9.59. The van der Waals surface area contributed by atoms with E-state index in [0.29, 0.717) is 23.2 Å². The Morgan fingerprint density at radius 1 is 0.788 bits per heavy atom. The van der Waals surface area contributed by atoms with Crippen LogP contribution < -0.4 is 4.74 Å². The van der Waals surface area contributed by atoms with Crippen LogP contribution in [0.25, 0.3) is 33.5 Å². The minimum absolute atomic E-state index is 0.104. The van der Waals surface area contributed by atoms with Crippen molar-refractivity contribution in [1.29, 1.82) is 0 Å². The van der Waals surface area contributed by atoms with Crippen molar-refractivity contribution in [3.05, 3.63) is 96.9 Å². The van der Waals surface area contributed by atoms with Gasteiger partial charge in [0.25, 0.3) is 0 Å². The first kappa shape index (κ1) is 20.9. The van der Waals surface area contributed by atoms with E-state index in [0.717, 1.165) is 22.0 Å². The van der Waals surface area contributed by atoms with Gasteiger partial charge in [-0.25, -0.2) is 18.4 Å². The van der Waals surface area contributed by atoms with Crippen LogP contribution >= 0.6 is 0 Å². The van der Waals surface area contributed by atoms with Gasteiger partial charge in [0.1, 0.15) is 5.69 Å². The molecule has 2 aromatic heterocycles. The van der Waals surface area contributed by atoms with E-state index >= 15 is 0 Å². The van der Waals surface area contributed by atoms with Gasteiger partial charge >= 0.3 is 0 Å². The molecule has 0 bridgehead atoms. The molecule has 0 radical (unpaired) electrons. The summed E-state index contributed by atoms with van der Waals surface area (Å²) >= 11 is 0. The third-order valence-corrected chi connectivity index (χ3v) is 6.31. The molecule has 3 aromatic carbocycles. The first-order valence-electron chi connectivity index (χ1n) is 10.3. The SMILES string of the molecule is CS(=O)(=O)c1ccc(-c2oc(COc3ccc4ccccc4n3)nc2-c2ccccc2)cc1. The predicted molar refractivity (Wildman–Crippen MR) is 127 cm³/mol. The summed E-state index contributed by atoms with van der Waals surface area (Å²) in [6.45, 7) is 0.104. The number of pyridine rings is 1. The molecule has 0 unspecified atom stereocenters. The fourth-order valence-corrected chi connectivity index (χ4v) is 4.16. The normalized spacial score (nSPS) is 11.5. The van der Waals surface area contributed by atoms with Gasteiger partial charge in [-0.05, 0) is 36.4 Å². The van der Waals surface area contributed by atoms with Gasteiger partial charge < -0.3 is 9.15 Å². The van der Waals surface area contributed by atoms with E-state index in [1.54, 1.807) is 24.3 Å². The van der Waals surface area contributed by atoms with E-state index in [-0.39, 0.29) is 11.5 Å². The number of oxazole rings is 1. The third-order valence-electron chi connectivity index (χ3n) is 5.18. The summed E-state index contributed by atoms with van der Waals surface area (Å²) in [5, 5.41) is 1.03. The monoisotopic (exact) mass is 456 g/mol. The van der Waals surface area contributed by atoms with Crippen molar-refractivity contribution in [2.45, 2.75) is 11.5 Å². The van der Waals surface area contributed by atoms with Gasteiger partial charge in [0.05, 0.1) is 10.4 Å². The Morgan fingerprint density at radius 2 is 1.52 bits per heavy atom. The third kappa shape index (κ3) is 4.49. The summed E-state index contributed by atoms with van der Waals surface area (Å²) in [7, 11) is -3.29. The van der Waals surface area contributed by atoms with Crippen LogP contribution in [0.2, 0.25) is 0 Å². The lowest BCUT2D eigenvalue weighted by Crippen LogP contribution is -1.97. The van der Waals surface area contributed by atoms with E-state index in [9.17, 15) is 8.42 Å². The first-order chi connectivity index (χ1) is 16.0. The van der Waals surface area contributed by atoms with Crippen molar-refractivity contribution < 1.29 is 17.6 Å². The number of ether oxygens (including phenoxy) is 1. The molecule has 0 aliphatic rings. The Balaban J connectivity index is 1.47. The molecule has 5 aromatic rings. The van der Waals surface area contributed by atoms with Crippen LogP contribution in [0, 0.1) is 0 Å². The Kier molecular flexibility index (Phi) is 5.40. The summed E-state index contributed by atoms with van der Waals surface area (Å²) in [4.78, 5) is 9.44. The Morgan fingerprint density at radius 3 is 2.27 bits per heavy atom. The molecule has 0 atom stereocenters. The van der Waals surface area contributed by atoms with E-state index in [4.69, 9.17) is 9.15 Å². The van der Waals surface area contributed by atoms with Crippen LogP contribution in [0.15, 0.2) is 100 Å². The van der Waals surface area contributed by atoms with E-state index in [1.807, 2.05) is 66.7 Å². The number of para-hydroxylation sites is 1. The van der Waals surface area contributed by atoms with Crippen LogP contribution in [0.5, 0.6) is 5.88 Å². The van der Waals surface area contributed by atoms with E-state index < -0.39 is 9.84 Å². The highest BCUT2D eigenvalue weighted by Gasteiger charge is 2.18. The molecular formula is C26H20N2O4S. The zero-order chi connectivity index (χ0) is 22.8. The second-order valence-electron chi connectivity index (χ2n) is 7.58. The quantitative estimate of drug-likeness (QED) is 0.334. The number of benzene rings is 3. The van der Waals surface area contributed by atoms with Crippen molar-refractivity contribution >= 4 is 20.7 Å². The summed E-state index contributed by atoms with van der Waals surface area (Å²) in [6, 6.07) is 27.8. The molecule has 2 heterocycles. The predicted octanol–water partition coefficient (Wildman–Crippen LogP) is 5.54. The molecule has 33 heavy (non-hydrogen) atoms. The van der Waals surface area contributed by atoms with E-state index in [2.05, 4.69) is 9.97 Å². The number of aromatic nitrogens is 2. The minimum atomic E-state index is -3.29. The summed E-state index contributed by atoms with van der Waals surface area (Å²) in [5.74, 6) is 1.42. The molecule has 0 amide bonds. The molecule has 7 heteroatoms. The molecule has 0 spiro atoms. The summed E-state index contributed by atoms with van der Waals surface area (Å²) in [5.41, 5.74) is 3.12. The fraction of sp³-hybridized carbons (Fsp3) is 0.0769. The van der Waals surface area contributed by atoms with Gasteiger partial charge in [-0.1, -0.05) is 48.5 Å².